The second kappa shape index (κ2) is 10.5. The molecule has 1 aliphatic heterocycles. The van der Waals surface area contributed by atoms with Crippen LogP contribution in [0.2, 0.25) is 0 Å². The summed E-state index contributed by atoms with van der Waals surface area (Å²) in [4.78, 5) is 25.0. The molecule has 30 heavy (non-hydrogen) atoms. The van der Waals surface area contributed by atoms with E-state index in [1.807, 2.05) is 6.92 Å². The molecule has 0 spiro atoms. The molecule has 1 aliphatic rings. The number of rotatable bonds is 7. The van der Waals surface area contributed by atoms with Crippen LogP contribution in [0, 0.1) is 5.82 Å². The zero-order valence-corrected chi connectivity index (χ0v) is 16.9. The third-order valence-corrected chi connectivity index (χ3v) is 4.58. The molecule has 0 bridgehead atoms. The molecular weight excluding hydrogens is 389 g/mol. The molecule has 1 heterocycles. The van der Waals surface area contributed by atoms with Crippen molar-refractivity contribution in [3.8, 4) is 11.5 Å². The lowest BCUT2D eigenvalue weighted by atomic mass is 10.1. The molecule has 2 aromatic rings. The molecule has 0 saturated heterocycles. The number of carbonyl (C=O) groups excluding carboxylic acids is 2. The van der Waals surface area contributed by atoms with Gasteiger partial charge in [0.1, 0.15) is 11.9 Å². The number of halogens is 1. The van der Waals surface area contributed by atoms with Gasteiger partial charge in [0.2, 0.25) is 5.91 Å². The lowest BCUT2D eigenvalue weighted by Crippen LogP contribution is -2.47. The Kier molecular flexibility index (Phi) is 7.48. The first-order chi connectivity index (χ1) is 14.5. The molecule has 8 heteroatoms. The van der Waals surface area contributed by atoms with E-state index in [1.165, 1.54) is 12.1 Å². The Morgan fingerprint density at radius 2 is 1.80 bits per heavy atom. The Bertz CT molecular complexity index is 873. The van der Waals surface area contributed by atoms with Crippen molar-refractivity contribution in [1.29, 1.82) is 0 Å². The summed E-state index contributed by atoms with van der Waals surface area (Å²) in [6, 6.07) is 9.90. The molecule has 0 radical (unpaired) electrons. The van der Waals surface area contributed by atoms with E-state index < -0.39 is 12.1 Å². The van der Waals surface area contributed by atoms with E-state index in [0.29, 0.717) is 36.8 Å². The fourth-order valence-corrected chi connectivity index (χ4v) is 3.02. The van der Waals surface area contributed by atoms with Gasteiger partial charge in [-0.2, -0.15) is 0 Å². The Hall–Kier alpha value is -3.29. The highest BCUT2D eigenvalue weighted by atomic mass is 19.1. The first-order valence-electron chi connectivity index (χ1n) is 10.0. The molecule has 1 atom stereocenters. The minimum Gasteiger partial charge on any atom is -0.490 e. The van der Waals surface area contributed by atoms with Gasteiger partial charge in [-0.05, 0) is 36.2 Å². The van der Waals surface area contributed by atoms with E-state index in [4.69, 9.17) is 9.47 Å². The largest absolute Gasteiger partial charge is 0.490 e. The second-order valence-corrected chi connectivity index (χ2v) is 7.00. The predicted octanol–water partition coefficient (Wildman–Crippen LogP) is 3.59. The monoisotopic (exact) mass is 415 g/mol. The van der Waals surface area contributed by atoms with E-state index in [9.17, 15) is 14.0 Å². The van der Waals surface area contributed by atoms with Crippen molar-refractivity contribution in [3.63, 3.8) is 0 Å². The first-order valence-corrected chi connectivity index (χ1v) is 10.0. The maximum absolute atomic E-state index is 13.0. The standard InChI is InChI=1S/C22H26FN3O4/c1-2-4-18(26-22(28)24-14-15-5-7-16(23)8-6-15)21(27)25-17-9-10-19-20(13-17)30-12-3-11-29-19/h5-10,13,18H,2-4,11-12,14H2,1H3,(H,25,27)(H2,24,26,28)/t18-/m0/s1. The van der Waals surface area contributed by atoms with Gasteiger partial charge >= 0.3 is 6.03 Å². The number of nitrogens with one attached hydrogen (secondary N) is 3. The van der Waals surface area contributed by atoms with Crippen molar-refractivity contribution in [1.82, 2.24) is 10.6 Å². The summed E-state index contributed by atoms with van der Waals surface area (Å²) in [6.45, 7) is 3.31. The van der Waals surface area contributed by atoms with Crippen molar-refractivity contribution in [2.24, 2.45) is 0 Å². The lowest BCUT2D eigenvalue weighted by molar-refractivity contribution is -0.118. The molecule has 3 N–H and O–H groups in total. The smallest absolute Gasteiger partial charge is 0.315 e. The summed E-state index contributed by atoms with van der Waals surface area (Å²) in [5, 5.41) is 8.21. The van der Waals surface area contributed by atoms with Crippen molar-refractivity contribution in [2.45, 2.75) is 38.8 Å². The number of hydrogen-bond donors (Lipinski definition) is 3. The van der Waals surface area contributed by atoms with Gasteiger partial charge in [-0.15, -0.1) is 0 Å². The number of anilines is 1. The Labute approximate surface area is 174 Å². The minimum atomic E-state index is -0.695. The van der Waals surface area contributed by atoms with Gasteiger partial charge in [0, 0.05) is 24.7 Å². The summed E-state index contributed by atoms with van der Waals surface area (Å²) in [5.41, 5.74) is 1.33. The third kappa shape index (κ3) is 6.10. The van der Waals surface area contributed by atoms with E-state index in [1.54, 1.807) is 30.3 Å². The summed E-state index contributed by atoms with van der Waals surface area (Å²) >= 11 is 0. The minimum absolute atomic E-state index is 0.231. The first kappa shape index (κ1) is 21.4. The van der Waals surface area contributed by atoms with E-state index in [-0.39, 0.29) is 18.3 Å². The summed E-state index contributed by atoms with van der Waals surface area (Å²) in [6.07, 6.45) is 2.00. The zero-order valence-electron chi connectivity index (χ0n) is 16.9. The molecule has 0 fully saturated rings. The van der Waals surface area contributed by atoms with Gasteiger partial charge in [-0.1, -0.05) is 25.5 Å². The lowest BCUT2D eigenvalue weighted by Gasteiger charge is -2.19. The number of carbonyl (C=O) groups is 2. The van der Waals surface area contributed by atoms with Gasteiger partial charge in [0.25, 0.3) is 0 Å². The highest BCUT2D eigenvalue weighted by Crippen LogP contribution is 2.32. The van der Waals surface area contributed by atoms with Crippen LogP contribution in [0.4, 0.5) is 14.9 Å². The fourth-order valence-electron chi connectivity index (χ4n) is 3.02. The molecule has 0 saturated carbocycles. The second-order valence-electron chi connectivity index (χ2n) is 7.00. The average Bonchev–Trinajstić information content (AvgIpc) is 2.98. The van der Waals surface area contributed by atoms with Crippen LogP contribution in [0.15, 0.2) is 42.5 Å². The van der Waals surface area contributed by atoms with Crippen molar-refractivity contribution in [2.75, 3.05) is 18.5 Å². The highest BCUT2D eigenvalue weighted by molar-refractivity contribution is 5.97. The predicted molar refractivity (Wildman–Crippen MR) is 111 cm³/mol. The molecule has 3 amide bonds. The van der Waals surface area contributed by atoms with Crippen LogP contribution >= 0.6 is 0 Å². The Morgan fingerprint density at radius 3 is 2.53 bits per heavy atom. The van der Waals surface area contributed by atoms with Crippen LogP contribution in [-0.4, -0.2) is 31.2 Å². The number of ether oxygens (including phenoxy) is 2. The maximum atomic E-state index is 13.0. The molecular formula is C22H26FN3O4. The number of urea groups is 1. The maximum Gasteiger partial charge on any atom is 0.315 e. The normalized spacial score (nSPS) is 13.7. The van der Waals surface area contributed by atoms with E-state index >= 15 is 0 Å². The third-order valence-electron chi connectivity index (χ3n) is 4.58. The van der Waals surface area contributed by atoms with Crippen LogP contribution in [0.3, 0.4) is 0 Å². The number of amides is 3. The van der Waals surface area contributed by atoms with Crippen molar-refractivity contribution < 1.29 is 23.5 Å². The van der Waals surface area contributed by atoms with Crippen LogP contribution < -0.4 is 25.4 Å². The topological polar surface area (TPSA) is 88.7 Å². The molecule has 3 rings (SSSR count). The van der Waals surface area contributed by atoms with E-state index in [2.05, 4.69) is 16.0 Å². The number of hydrogen-bond acceptors (Lipinski definition) is 4. The van der Waals surface area contributed by atoms with Gasteiger partial charge in [-0.3, -0.25) is 4.79 Å². The van der Waals surface area contributed by atoms with Crippen LogP contribution in [0.25, 0.3) is 0 Å². The molecule has 2 aromatic carbocycles. The van der Waals surface area contributed by atoms with Crippen molar-refractivity contribution in [3.05, 3.63) is 53.8 Å². The Balaban J connectivity index is 1.56. The molecule has 0 aliphatic carbocycles. The quantitative estimate of drug-likeness (QED) is 0.645. The molecule has 7 nitrogen and oxygen atoms in total. The van der Waals surface area contributed by atoms with E-state index in [0.717, 1.165) is 18.4 Å². The number of benzene rings is 2. The molecule has 0 aromatic heterocycles. The fraction of sp³-hybridized carbons (Fsp3) is 0.364. The van der Waals surface area contributed by atoms with Gasteiger partial charge in [0.05, 0.1) is 13.2 Å². The Morgan fingerprint density at radius 1 is 1.07 bits per heavy atom. The summed E-state index contributed by atoms with van der Waals surface area (Å²) in [7, 11) is 0. The SMILES string of the molecule is CCC[C@H](NC(=O)NCc1ccc(F)cc1)C(=O)Nc1ccc2c(c1)OCCCO2. The van der Waals surface area contributed by atoms with Gasteiger partial charge in [0.15, 0.2) is 11.5 Å². The zero-order chi connectivity index (χ0) is 21.3. The summed E-state index contributed by atoms with van der Waals surface area (Å²) in [5.74, 6) is 0.581. The summed E-state index contributed by atoms with van der Waals surface area (Å²) < 4.78 is 24.2. The van der Waals surface area contributed by atoms with Gasteiger partial charge in [-0.25, -0.2) is 9.18 Å². The highest BCUT2D eigenvalue weighted by Gasteiger charge is 2.21. The van der Waals surface area contributed by atoms with Crippen LogP contribution in [0.1, 0.15) is 31.7 Å². The molecule has 0 unspecified atom stereocenters. The van der Waals surface area contributed by atoms with Crippen molar-refractivity contribution >= 4 is 17.6 Å². The average molecular weight is 415 g/mol. The van der Waals surface area contributed by atoms with Crippen LogP contribution in [0.5, 0.6) is 11.5 Å². The number of fused-ring (bicyclic) bond motifs is 1. The molecule has 160 valence electrons. The van der Waals surface area contributed by atoms with Gasteiger partial charge < -0.3 is 25.4 Å². The van der Waals surface area contributed by atoms with Crippen LogP contribution in [-0.2, 0) is 11.3 Å².